The van der Waals surface area contributed by atoms with E-state index in [9.17, 15) is 22.4 Å². The molecule has 1 saturated heterocycles. The van der Waals surface area contributed by atoms with Gasteiger partial charge in [-0.05, 0) is 37.5 Å². The lowest BCUT2D eigenvalue weighted by Gasteiger charge is -2.11. The molecule has 20 heavy (non-hydrogen) atoms. The average Bonchev–Trinajstić information content (AvgIpc) is 2.88. The van der Waals surface area contributed by atoms with Gasteiger partial charge in [-0.25, -0.2) is 4.39 Å². The fraction of sp³-hybridized carbons (Fsp3) is 0.500. The summed E-state index contributed by atoms with van der Waals surface area (Å²) in [5, 5.41) is 0. The summed E-state index contributed by atoms with van der Waals surface area (Å²) in [5.74, 6) is -1.79. The minimum atomic E-state index is -4.80. The molecule has 2 rings (SSSR count). The number of halogens is 4. The molecule has 6 heteroatoms. The van der Waals surface area contributed by atoms with Crippen LogP contribution in [0.3, 0.4) is 0 Å². The second kappa shape index (κ2) is 5.91. The van der Waals surface area contributed by atoms with E-state index in [2.05, 4.69) is 0 Å². The SMILES string of the molecule is O=C(CCC1CCCO1)c1ccc(F)c(C(F)(F)F)c1. The molecule has 1 heterocycles. The first-order valence-electron chi connectivity index (χ1n) is 6.39. The van der Waals surface area contributed by atoms with E-state index in [1.807, 2.05) is 0 Å². The highest BCUT2D eigenvalue weighted by atomic mass is 19.4. The Morgan fingerprint density at radius 2 is 2.10 bits per heavy atom. The zero-order chi connectivity index (χ0) is 14.8. The highest BCUT2D eigenvalue weighted by Gasteiger charge is 2.34. The van der Waals surface area contributed by atoms with Crippen molar-refractivity contribution in [3.8, 4) is 0 Å². The lowest BCUT2D eigenvalue weighted by Crippen LogP contribution is -2.12. The number of ether oxygens (including phenoxy) is 1. The number of ketones is 1. The van der Waals surface area contributed by atoms with Gasteiger partial charge in [0.25, 0.3) is 0 Å². The molecule has 1 aromatic rings. The van der Waals surface area contributed by atoms with Crippen molar-refractivity contribution >= 4 is 5.78 Å². The van der Waals surface area contributed by atoms with Crippen molar-refractivity contribution < 1.29 is 27.1 Å². The van der Waals surface area contributed by atoms with Gasteiger partial charge in [-0.2, -0.15) is 13.2 Å². The van der Waals surface area contributed by atoms with Crippen LogP contribution in [0.1, 0.15) is 41.6 Å². The number of hydrogen-bond donors (Lipinski definition) is 0. The molecule has 0 spiro atoms. The molecule has 0 N–H and O–H groups in total. The van der Waals surface area contributed by atoms with Crippen LogP contribution in [0, 0.1) is 5.82 Å². The van der Waals surface area contributed by atoms with Gasteiger partial charge < -0.3 is 4.74 Å². The van der Waals surface area contributed by atoms with Crippen LogP contribution in [0.25, 0.3) is 0 Å². The number of benzene rings is 1. The van der Waals surface area contributed by atoms with Crippen molar-refractivity contribution in [1.29, 1.82) is 0 Å². The molecule has 0 amide bonds. The van der Waals surface area contributed by atoms with Crippen molar-refractivity contribution in [1.82, 2.24) is 0 Å². The first-order valence-corrected chi connectivity index (χ1v) is 6.39. The van der Waals surface area contributed by atoms with Crippen LogP contribution < -0.4 is 0 Å². The highest BCUT2D eigenvalue weighted by molar-refractivity contribution is 5.96. The number of rotatable bonds is 4. The zero-order valence-corrected chi connectivity index (χ0v) is 10.7. The number of carbonyl (C=O) groups excluding carboxylic acids is 1. The predicted octanol–water partition coefficient (Wildman–Crippen LogP) is 3.99. The standard InChI is InChI=1S/C14H14F4O2/c15-12-5-3-9(8-11(12)14(16,17)18)13(19)6-4-10-2-1-7-20-10/h3,5,8,10H,1-2,4,6-7H2. The molecule has 110 valence electrons. The van der Waals surface area contributed by atoms with Gasteiger partial charge in [0, 0.05) is 18.6 Å². The van der Waals surface area contributed by atoms with E-state index in [-0.39, 0.29) is 18.1 Å². The topological polar surface area (TPSA) is 26.3 Å². The molecule has 1 unspecified atom stereocenters. The Morgan fingerprint density at radius 1 is 1.35 bits per heavy atom. The Bertz CT molecular complexity index is 490. The molecule has 0 radical (unpaired) electrons. The Morgan fingerprint density at radius 3 is 2.70 bits per heavy atom. The molecule has 1 fully saturated rings. The summed E-state index contributed by atoms with van der Waals surface area (Å²) in [6.07, 6.45) is -2.40. The van der Waals surface area contributed by atoms with Crippen LogP contribution in [0.5, 0.6) is 0 Å². The maximum atomic E-state index is 13.1. The molecule has 0 aromatic heterocycles. The summed E-state index contributed by atoms with van der Waals surface area (Å²) in [5.41, 5.74) is -1.52. The summed E-state index contributed by atoms with van der Waals surface area (Å²) in [4.78, 5) is 11.8. The second-order valence-electron chi connectivity index (χ2n) is 4.79. The normalized spacial score (nSPS) is 19.3. The van der Waals surface area contributed by atoms with E-state index < -0.39 is 23.3 Å². The third-order valence-corrected chi connectivity index (χ3v) is 3.31. The molecule has 1 aliphatic heterocycles. The van der Waals surface area contributed by atoms with Crippen molar-refractivity contribution in [3.63, 3.8) is 0 Å². The van der Waals surface area contributed by atoms with E-state index in [4.69, 9.17) is 4.74 Å². The average molecular weight is 290 g/mol. The smallest absolute Gasteiger partial charge is 0.378 e. The van der Waals surface area contributed by atoms with Gasteiger partial charge >= 0.3 is 6.18 Å². The van der Waals surface area contributed by atoms with Gasteiger partial charge in [0.2, 0.25) is 0 Å². The number of hydrogen-bond acceptors (Lipinski definition) is 2. The molecule has 0 aliphatic carbocycles. The van der Waals surface area contributed by atoms with Crippen molar-refractivity contribution in [3.05, 3.63) is 35.1 Å². The summed E-state index contributed by atoms with van der Waals surface area (Å²) < 4.78 is 56.1. The molecule has 1 aliphatic rings. The van der Waals surface area contributed by atoms with E-state index in [0.29, 0.717) is 25.2 Å². The van der Waals surface area contributed by atoms with Crippen LogP contribution in [-0.2, 0) is 10.9 Å². The maximum absolute atomic E-state index is 13.1. The summed E-state index contributed by atoms with van der Waals surface area (Å²) in [7, 11) is 0. The summed E-state index contributed by atoms with van der Waals surface area (Å²) >= 11 is 0. The van der Waals surface area contributed by atoms with Gasteiger partial charge in [-0.15, -0.1) is 0 Å². The number of alkyl halides is 3. The third kappa shape index (κ3) is 3.56. The molecular formula is C14H14F4O2. The van der Waals surface area contributed by atoms with Crippen LogP contribution in [-0.4, -0.2) is 18.5 Å². The Hall–Kier alpha value is -1.43. The number of Topliss-reactive ketones (excluding diaryl/α,β-unsaturated/α-hetero) is 1. The first kappa shape index (κ1) is 15.0. The van der Waals surface area contributed by atoms with Crippen LogP contribution in [0.2, 0.25) is 0 Å². The molecular weight excluding hydrogens is 276 g/mol. The van der Waals surface area contributed by atoms with Crippen LogP contribution >= 0.6 is 0 Å². The summed E-state index contributed by atoms with van der Waals surface area (Å²) in [6, 6.07) is 2.34. The first-order chi connectivity index (χ1) is 9.38. The minimum absolute atomic E-state index is 0.00137. The fourth-order valence-corrected chi connectivity index (χ4v) is 2.22. The minimum Gasteiger partial charge on any atom is -0.378 e. The summed E-state index contributed by atoms with van der Waals surface area (Å²) in [6.45, 7) is 0.660. The van der Waals surface area contributed by atoms with Crippen molar-refractivity contribution in [2.45, 2.75) is 38.0 Å². The number of carbonyl (C=O) groups is 1. The monoisotopic (exact) mass is 290 g/mol. The van der Waals surface area contributed by atoms with E-state index in [1.165, 1.54) is 0 Å². The van der Waals surface area contributed by atoms with Crippen molar-refractivity contribution in [2.24, 2.45) is 0 Å². The molecule has 0 saturated carbocycles. The lowest BCUT2D eigenvalue weighted by molar-refractivity contribution is -0.140. The van der Waals surface area contributed by atoms with E-state index >= 15 is 0 Å². The molecule has 0 bridgehead atoms. The zero-order valence-electron chi connectivity index (χ0n) is 10.7. The molecule has 1 aromatic carbocycles. The van der Waals surface area contributed by atoms with Gasteiger partial charge in [0.05, 0.1) is 11.7 Å². The maximum Gasteiger partial charge on any atom is 0.419 e. The van der Waals surface area contributed by atoms with Crippen LogP contribution in [0.4, 0.5) is 17.6 Å². The molecule has 2 nitrogen and oxygen atoms in total. The quantitative estimate of drug-likeness (QED) is 0.619. The predicted molar refractivity (Wildman–Crippen MR) is 63.9 cm³/mol. The van der Waals surface area contributed by atoms with Gasteiger partial charge in [0.1, 0.15) is 5.82 Å². The van der Waals surface area contributed by atoms with Crippen molar-refractivity contribution in [2.75, 3.05) is 6.61 Å². The fourth-order valence-electron chi connectivity index (χ4n) is 2.22. The lowest BCUT2D eigenvalue weighted by atomic mass is 10.0. The van der Waals surface area contributed by atoms with Gasteiger partial charge in [0.15, 0.2) is 5.78 Å². The van der Waals surface area contributed by atoms with Gasteiger partial charge in [-0.3, -0.25) is 4.79 Å². The Balaban J connectivity index is 2.06. The van der Waals surface area contributed by atoms with E-state index in [0.717, 1.165) is 18.9 Å². The second-order valence-corrected chi connectivity index (χ2v) is 4.79. The Kier molecular flexibility index (Phi) is 4.42. The third-order valence-electron chi connectivity index (χ3n) is 3.31. The largest absolute Gasteiger partial charge is 0.419 e. The highest BCUT2D eigenvalue weighted by Crippen LogP contribution is 2.32. The Labute approximate surface area is 113 Å². The van der Waals surface area contributed by atoms with E-state index in [1.54, 1.807) is 0 Å². The van der Waals surface area contributed by atoms with Gasteiger partial charge in [-0.1, -0.05) is 0 Å². The van der Waals surface area contributed by atoms with Crippen LogP contribution in [0.15, 0.2) is 18.2 Å². The molecule has 1 atom stereocenters.